The second-order valence-corrected chi connectivity index (χ2v) is 11.8. The van der Waals surface area contributed by atoms with Gasteiger partial charge in [-0.25, -0.2) is 4.98 Å². The number of nitrogens with zero attached hydrogens (tertiary/aromatic N) is 4. The Kier molecular flexibility index (Phi) is 7.88. The van der Waals surface area contributed by atoms with E-state index in [0.717, 1.165) is 51.2 Å². The van der Waals surface area contributed by atoms with Gasteiger partial charge in [0.2, 0.25) is 0 Å². The van der Waals surface area contributed by atoms with Gasteiger partial charge in [-0.05, 0) is 58.3 Å². The zero-order valence-electron chi connectivity index (χ0n) is 25.8. The van der Waals surface area contributed by atoms with Gasteiger partial charge in [0.25, 0.3) is 0 Å². The van der Waals surface area contributed by atoms with Crippen LogP contribution in [0.4, 0.5) is 17.1 Å². The molecule has 0 amide bonds. The summed E-state index contributed by atoms with van der Waals surface area (Å²) in [5, 5.41) is 2.25. The Morgan fingerprint density at radius 2 is 1.50 bits per heavy atom. The molecule has 0 saturated heterocycles. The molecule has 5 aromatic carbocycles. The van der Waals surface area contributed by atoms with Crippen molar-refractivity contribution in [3.8, 4) is 28.4 Å². The Bertz CT molecular complexity index is 2200. The van der Waals surface area contributed by atoms with Crippen LogP contribution in [0.3, 0.4) is 0 Å². The second kappa shape index (κ2) is 12.1. The fraction of sp³-hybridized carbons (Fsp3) is 0.125. The van der Waals surface area contributed by atoms with E-state index in [1.165, 1.54) is 16.8 Å². The average Bonchev–Trinajstić information content (AvgIpc) is 3.59. The minimum absolute atomic E-state index is 0. The minimum atomic E-state index is 0. The molecule has 0 saturated carbocycles. The average molecular weight is 780 g/mol. The maximum atomic E-state index is 6.44. The van der Waals surface area contributed by atoms with Gasteiger partial charge in [0.1, 0.15) is 5.82 Å². The number of hydrogen-bond donors (Lipinski definition) is 0. The summed E-state index contributed by atoms with van der Waals surface area (Å²) in [6, 6.07) is 47.0. The first-order chi connectivity index (χ1) is 22.0. The van der Waals surface area contributed by atoms with E-state index in [9.17, 15) is 0 Å². The molecule has 7 aromatic rings. The van der Waals surface area contributed by atoms with Gasteiger partial charge in [0, 0.05) is 30.3 Å². The summed E-state index contributed by atoms with van der Waals surface area (Å²) in [7, 11) is 2.11. The van der Waals surface area contributed by atoms with E-state index >= 15 is 0 Å². The molecule has 1 aliphatic rings. The Balaban J connectivity index is 0.00000338. The molecule has 0 radical (unpaired) electrons. The van der Waals surface area contributed by atoms with Gasteiger partial charge in [0.15, 0.2) is 0 Å². The van der Waals surface area contributed by atoms with Crippen molar-refractivity contribution in [1.82, 2.24) is 9.55 Å². The van der Waals surface area contributed by atoms with E-state index in [2.05, 4.69) is 144 Å². The summed E-state index contributed by atoms with van der Waals surface area (Å²) in [5.74, 6) is 2.52. The number of hydrogen-bond acceptors (Lipinski definition) is 4. The molecular weight excluding hydrogens is 748 g/mol. The van der Waals surface area contributed by atoms with E-state index in [0.29, 0.717) is 17.4 Å². The molecule has 8 rings (SSSR count). The predicted molar refractivity (Wildman–Crippen MR) is 184 cm³/mol. The number of benzene rings is 5. The van der Waals surface area contributed by atoms with Crippen LogP contribution in [-0.2, 0) is 21.1 Å². The van der Waals surface area contributed by atoms with E-state index in [1.807, 2.05) is 24.4 Å². The number of aromatic nitrogens is 2. The first-order valence-corrected chi connectivity index (χ1v) is 15.3. The summed E-state index contributed by atoms with van der Waals surface area (Å²) < 4.78 is 8.63. The third-order valence-electron chi connectivity index (χ3n) is 8.63. The molecule has 0 unspecified atom stereocenters. The Hall–Kier alpha value is -4.86. The van der Waals surface area contributed by atoms with Crippen molar-refractivity contribution in [1.29, 1.82) is 0 Å². The van der Waals surface area contributed by atoms with Crippen LogP contribution in [0.1, 0.15) is 25.3 Å². The van der Waals surface area contributed by atoms with Gasteiger partial charge in [-0.2, -0.15) is 12.1 Å². The molecule has 3 heterocycles. The Morgan fingerprint density at radius 1 is 0.739 bits per heavy atom. The van der Waals surface area contributed by atoms with Crippen molar-refractivity contribution in [2.45, 2.75) is 19.8 Å². The molecule has 0 bridgehead atoms. The zero-order valence-corrected chi connectivity index (χ0v) is 28.1. The fourth-order valence-electron chi connectivity index (χ4n) is 6.50. The molecule has 2 aromatic heterocycles. The molecule has 5 nitrogen and oxygen atoms in total. The molecule has 0 N–H and O–H groups in total. The molecule has 0 fully saturated rings. The van der Waals surface area contributed by atoms with Crippen molar-refractivity contribution in [2.24, 2.45) is 0 Å². The molecule has 228 valence electrons. The van der Waals surface area contributed by atoms with Crippen LogP contribution in [0.25, 0.3) is 38.8 Å². The number of fused-ring (bicyclic) bond motifs is 4. The van der Waals surface area contributed by atoms with Crippen molar-refractivity contribution in [3.63, 3.8) is 0 Å². The van der Waals surface area contributed by atoms with Gasteiger partial charge >= 0.3 is 21.1 Å². The summed E-state index contributed by atoms with van der Waals surface area (Å²) in [4.78, 5) is 9.35. The predicted octanol–water partition coefficient (Wildman–Crippen LogP) is 9.90. The van der Waals surface area contributed by atoms with E-state index in [1.54, 1.807) is 0 Å². The van der Waals surface area contributed by atoms with Crippen LogP contribution in [0, 0.1) is 12.1 Å². The first-order valence-electron chi connectivity index (χ1n) is 15.3. The van der Waals surface area contributed by atoms with Gasteiger partial charge < -0.3 is 19.1 Å². The fourth-order valence-corrected chi connectivity index (χ4v) is 6.50. The summed E-state index contributed by atoms with van der Waals surface area (Å²) in [5.41, 5.74) is 9.01. The molecule has 6 heteroatoms. The first kappa shape index (κ1) is 29.8. The van der Waals surface area contributed by atoms with Crippen LogP contribution in [0.15, 0.2) is 121 Å². The zero-order chi connectivity index (χ0) is 30.5. The number of ether oxygens (including phenoxy) is 1. The van der Waals surface area contributed by atoms with Gasteiger partial charge in [0.05, 0.1) is 18.0 Å². The maximum Gasteiger partial charge on any atom is 2.00 e. The largest absolute Gasteiger partial charge is 2.00 e. The number of pyridine rings is 1. The van der Waals surface area contributed by atoms with Crippen molar-refractivity contribution in [3.05, 3.63) is 139 Å². The Morgan fingerprint density at radius 3 is 2.37 bits per heavy atom. The molecule has 0 aliphatic carbocycles. The van der Waals surface area contributed by atoms with E-state index in [-0.39, 0.29) is 21.1 Å². The smallest absolute Gasteiger partial charge is 0.509 e. The van der Waals surface area contributed by atoms with E-state index in [4.69, 9.17) is 9.72 Å². The normalized spacial score (nSPS) is 12.5. The molecule has 1 aliphatic heterocycles. The number of anilines is 3. The van der Waals surface area contributed by atoms with Gasteiger partial charge in [-0.3, -0.25) is 0 Å². The molecular formula is C40H32N4OPt. The van der Waals surface area contributed by atoms with Crippen LogP contribution < -0.4 is 14.5 Å². The molecule has 0 spiro atoms. The quantitative estimate of drug-likeness (QED) is 0.158. The topological polar surface area (TPSA) is 33.5 Å². The van der Waals surface area contributed by atoms with Crippen molar-refractivity contribution < 1.29 is 25.8 Å². The summed E-state index contributed by atoms with van der Waals surface area (Å²) in [6.45, 7) is 5.23. The van der Waals surface area contributed by atoms with Crippen molar-refractivity contribution in [2.75, 3.05) is 23.5 Å². The third-order valence-corrected chi connectivity index (χ3v) is 8.63. The molecule has 0 atom stereocenters. The standard InChI is InChI=1S/C40H32N4O.Pt/c1-27(2)32-13-4-5-14-33(32)28-21-22-41-40(23-28)44-36-16-7-6-15-34(36)35-20-19-31(25-39(35)44)45-30-12-10-11-29(24-30)43-26-42(3)37-17-8-9-18-38(37)43;/h4-23,27H,26H2,1-3H3;/q-2;+2. The summed E-state index contributed by atoms with van der Waals surface area (Å²) >= 11 is 0. The van der Waals surface area contributed by atoms with Crippen LogP contribution >= 0.6 is 0 Å². The van der Waals surface area contributed by atoms with Gasteiger partial charge in [-0.15, -0.1) is 35.7 Å². The van der Waals surface area contributed by atoms with Crippen LogP contribution in [0.2, 0.25) is 0 Å². The number of rotatable bonds is 6. The van der Waals surface area contributed by atoms with Gasteiger partial charge in [-0.1, -0.05) is 79.6 Å². The van der Waals surface area contributed by atoms with E-state index < -0.39 is 0 Å². The van der Waals surface area contributed by atoms with Crippen LogP contribution in [0.5, 0.6) is 11.5 Å². The Labute approximate surface area is 284 Å². The van der Waals surface area contributed by atoms with Crippen molar-refractivity contribution >= 4 is 38.9 Å². The third kappa shape index (κ3) is 5.15. The summed E-state index contributed by atoms with van der Waals surface area (Å²) in [6.07, 6.45) is 1.90. The molecule has 46 heavy (non-hydrogen) atoms. The van der Waals surface area contributed by atoms with Crippen LogP contribution in [-0.4, -0.2) is 23.3 Å². The minimum Gasteiger partial charge on any atom is -0.509 e. The maximum absolute atomic E-state index is 6.44. The monoisotopic (exact) mass is 779 g/mol. The number of para-hydroxylation sites is 3. The second-order valence-electron chi connectivity index (χ2n) is 11.8. The SMILES string of the molecule is CC(C)c1ccccc1-c1ccnc(-n2c3[c-]c(Oc4[c-]c(N5CN(C)c6ccccc65)ccc4)ccc3c3ccccc32)c1.[Pt+2].